The topological polar surface area (TPSA) is 76.9 Å². The van der Waals surface area contributed by atoms with E-state index < -0.39 is 0 Å². The summed E-state index contributed by atoms with van der Waals surface area (Å²) in [5.41, 5.74) is 6.68. The summed E-state index contributed by atoms with van der Waals surface area (Å²) in [5, 5.41) is 5.57. The van der Waals surface area contributed by atoms with Crippen molar-refractivity contribution in [1.82, 2.24) is 5.12 Å². The highest BCUT2D eigenvalue weighted by Gasteiger charge is 2.26. The molecule has 1 aliphatic carbocycles. The second-order valence-corrected chi connectivity index (χ2v) is 3.82. The number of amidine groups is 1. The molecule has 0 amide bonds. The highest BCUT2D eigenvalue weighted by molar-refractivity contribution is 5.97. The molecule has 0 radical (unpaired) electrons. The normalized spacial score (nSPS) is 16.0. The molecule has 4 N–H and O–H groups in total. The van der Waals surface area contributed by atoms with Gasteiger partial charge in [-0.25, -0.2) is 11.0 Å². The summed E-state index contributed by atoms with van der Waals surface area (Å²) in [6, 6.07) is 7.76. The van der Waals surface area contributed by atoms with E-state index >= 15 is 0 Å². The lowest BCUT2D eigenvalue weighted by atomic mass is 10.2. The van der Waals surface area contributed by atoms with Crippen LogP contribution in [-0.4, -0.2) is 24.1 Å². The van der Waals surface area contributed by atoms with E-state index in [0.29, 0.717) is 11.9 Å². The standard InChI is InChI=1S/C11H16N4O/c1-16-10-6-2-8(3-7-10)11(12)14-15(13)9-4-5-9/h2-3,6-7,9H,4-5,13H2,1H3,(H2,12,14). The van der Waals surface area contributed by atoms with Crippen molar-refractivity contribution >= 4 is 5.84 Å². The Hall–Kier alpha value is -1.75. The molecule has 0 atom stereocenters. The zero-order chi connectivity index (χ0) is 11.5. The summed E-state index contributed by atoms with van der Waals surface area (Å²) < 4.78 is 5.06. The molecule has 5 nitrogen and oxygen atoms in total. The average molecular weight is 220 g/mol. The minimum absolute atomic E-state index is 0.358. The molecule has 1 aromatic rings. The van der Waals surface area contributed by atoms with Crippen molar-refractivity contribution in [3.05, 3.63) is 29.8 Å². The fourth-order valence-electron chi connectivity index (χ4n) is 1.36. The molecule has 5 heteroatoms. The Bertz CT molecular complexity index is 383. The number of hydrogen-bond acceptors (Lipinski definition) is 4. The van der Waals surface area contributed by atoms with Gasteiger partial charge in [0, 0.05) is 5.56 Å². The van der Waals surface area contributed by atoms with Crippen LogP contribution in [-0.2, 0) is 0 Å². The van der Waals surface area contributed by atoms with Crippen LogP contribution in [0.25, 0.3) is 0 Å². The SMILES string of the molecule is COc1ccc(/C(N)=N/N(N)C2CC2)cc1. The average Bonchev–Trinajstić information content (AvgIpc) is 3.13. The first kappa shape index (κ1) is 10.8. The van der Waals surface area contributed by atoms with Crippen LogP contribution in [0.1, 0.15) is 18.4 Å². The molecule has 0 aromatic heterocycles. The Balaban J connectivity index is 2.09. The van der Waals surface area contributed by atoms with Gasteiger partial charge < -0.3 is 10.5 Å². The predicted molar refractivity (Wildman–Crippen MR) is 62.8 cm³/mol. The van der Waals surface area contributed by atoms with Gasteiger partial charge in [0.25, 0.3) is 0 Å². The predicted octanol–water partition coefficient (Wildman–Crippen LogP) is 0.654. The second kappa shape index (κ2) is 4.40. The maximum absolute atomic E-state index is 5.84. The monoisotopic (exact) mass is 220 g/mol. The smallest absolute Gasteiger partial charge is 0.152 e. The Morgan fingerprint density at radius 2 is 2.00 bits per heavy atom. The lowest BCUT2D eigenvalue weighted by Gasteiger charge is -2.12. The van der Waals surface area contributed by atoms with Gasteiger partial charge in [0.2, 0.25) is 0 Å². The van der Waals surface area contributed by atoms with Crippen molar-refractivity contribution in [2.45, 2.75) is 18.9 Å². The van der Waals surface area contributed by atoms with Crippen LogP contribution in [0.3, 0.4) is 0 Å². The number of ether oxygens (including phenoxy) is 1. The molecular formula is C11H16N4O. The molecule has 2 rings (SSSR count). The van der Waals surface area contributed by atoms with E-state index in [0.717, 1.165) is 24.2 Å². The number of hydrazone groups is 1. The summed E-state index contributed by atoms with van der Waals surface area (Å²) in [4.78, 5) is 0. The van der Waals surface area contributed by atoms with Gasteiger partial charge in [0.15, 0.2) is 5.84 Å². The Morgan fingerprint density at radius 1 is 1.38 bits per heavy atom. The van der Waals surface area contributed by atoms with Crippen LogP contribution >= 0.6 is 0 Å². The van der Waals surface area contributed by atoms with Gasteiger partial charge in [-0.05, 0) is 37.1 Å². The summed E-state index contributed by atoms with van der Waals surface area (Å²) >= 11 is 0. The molecule has 0 spiro atoms. The first-order valence-corrected chi connectivity index (χ1v) is 5.23. The van der Waals surface area contributed by atoms with E-state index in [9.17, 15) is 0 Å². The highest BCUT2D eigenvalue weighted by Crippen LogP contribution is 2.24. The fraction of sp³-hybridized carbons (Fsp3) is 0.364. The number of benzene rings is 1. The zero-order valence-corrected chi connectivity index (χ0v) is 9.26. The molecule has 1 aromatic carbocycles. The molecule has 1 aliphatic rings. The number of hydrazine groups is 1. The maximum atomic E-state index is 5.84. The highest BCUT2D eigenvalue weighted by atomic mass is 16.5. The Labute approximate surface area is 94.6 Å². The molecule has 1 fully saturated rings. The molecule has 0 aliphatic heterocycles. The van der Waals surface area contributed by atoms with Crippen LogP contribution in [0, 0.1) is 0 Å². The quantitative estimate of drug-likeness (QED) is 0.338. The third-order valence-corrected chi connectivity index (χ3v) is 2.53. The maximum Gasteiger partial charge on any atom is 0.152 e. The van der Waals surface area contributed by atoms with Crippen LogP contribution in [0.15, 0.2) is 29.4 Å². The number of rotatable bonds is 4. The van der Waals surface area contributed by atoms with E-state index in [4.69, 9.17) is 16.3 Å². The van der Waals surface area contributed by atoms with E-state index in [2.05, 4.69) is 5.10 Å². The van der Waals surface area contributed by atoms with Crippen LogP contribution < -0.4 is 16.3 Å². The first-order valence-electron chi connectivity index (χ1n) is 5.23. The lowest BCUT2D eigenvalue weighted by molar-refractivity contribution is 0.288. The van der Waals surface area contributed by atoms with Crippen molar-refractivity contribution in [3.63, 3.8) is 0 Å². The van der Waals surface area contributed by atoms with Crippen molar-refractivity contribution in [3.8, 4) is 5.75 Å². The summed E-state index contributed by atoms with van der Waals surface area (Å²) in [6.45, 7) is 0. The zero-order valence-electron chi connectivity index (χ0n) is 9.26. The van der Waals surface area contributed by atoms with E-state index in [-0.39, 0.29) is 0 Å². The van der Waals surface area contributed by atoms with Crippen LogP contribution in [0.5, 0.6) is 5.75 Å². The second-order valence-electron chi connectivity index (χ2n) is 3.82. The number of hydrogen-bond donors (Lipinski definition) is 2. The molecular weight excluding hydrogens is 204 g/mol. The van der Waals surface area contributed by atoms with Crippen molar-refractivity contribution in [2.24, 2.45) is 16.7 Å². The van der Waals surface area contributed by atoms with Gasteiger partial charge in [-0.15, -0.1) is 5.10 Å². The van der Waals surface area contributed by atoms with Crippen molar-refractivity contribution in [2.75, 3.05) is 7.11 Å². The molecule has 86 valence electrons. The fourth-order valence-corrected chi connectivity index (χ4v) is 1.36. The minimum Gasteiger partial charge on any atom is -0.497 e. The van der Waals surface area contributed by atoms with Gasteiger partial charge in [-0.3, -0.25) is 0 Å². The molecule has 16 heavy (non-hydrogen) atoms. The Kier molecular flexibility index (Phi) is 2.96. The van der Waals surface area contributed by atoms with Crippen molar-refractivity contribution in [1.29, 1.82) is 0 Å². The van der Waals surface area contributed by atoms with Crippen LogP contribution in [0.2, 0.25) is 0 Å². The molecule has 0 unspecified atom stereocenters. The molecule has 0 bridgehead atoms. The van der Waals surface area contributed by atoms with Gasteiger partial charge in [-0.1, -0.05) is 0 Å². The van der Waals surface area contributed by atoms with Crippen molar-refractivity contribution < 1.29 is 4.74 Å². The molecule has 0 saturated heterocycles. The lowest BCUT2D eigenvalue weighted by Crippen LogP contribution is -2.31. The third kappa shape index (κ3) is 2.43. The Morgan fingerprint density at radius 3 is 2.50 bits per heavy atom. The third-order valence-electron chi connectivity index (χ3n) is 2.53. The minimum atomic E-state index is 0.358. The largest absolute Gasteiger partial charge is 0.497 e. The van der Waals surface area contributed by atoms with E-state index in [1.54, 1.807) is 7.11 Å². The van der Waals surface area contributed by atoms with Gasteiger partial charge in [0.1, 0.15) is 5.75 Å². The molecule has 0 heterocycles. The van der Waals surface area contributed by atoms with Gasteiger partial charge >= 0.3 is 0 Å². The molecule has 1 saturated carbocycles. The first-order chi connectivity index (χ1) is 7.70. The van der Waals surface area contributed by atoms with Gasteiger partial charge in [0.05, 0.1) is 13.2 Å². The number of methoxy groups -OCH3 is 1. The van der Waals surface area contributed by atoms with E-state index in [1.807, 2.05) is 24.3 Å². The number of nitrogens with zero attached hydrogens (tertiary/aromatic N) is 2. The summed E-state index contributed by atoms with van der Waals surface area (Å²) in [6.07, 6.45) is 2.19. The van der Waals surface area contributed by atoms with Crippen LogP contribution in [0.4, 0.5) is 0 Å². The number of nitrogens with two attached hydrogens (primary N) is 2. The van der Waals surface area contributed by atoms with Gasteiger partial charge in [-0.2, -0.15) is 0 Å². The van der Waals surface area contributed by atoms with E-state index in [1.165, 1.54) is 5.12 Å². The summed E-state index contributed by atoms with van der Waals surface area (Å²) in [5.74, 6) is 6.94. The summed E-state index contributed by atoms with van der Waals surface area (Å²) in [7, 11) is 1.63.